The number of hydrogen-bond acceptors (Lipinski definition) is 2. The summed E-state index contributed by atoms with van der Waals surface area (Å²) in [5.74, 6) is 0.133. The molecule has 0 bridgehead atoms. The lowest BCUT2D eigenvalue weighted by atomic mass is 9.93. The van der Waals surface area contributed by atoms with Gasteiger partial charge < -0.3 is 4.90 Å². The highest BCUT2D eigenvalue weighted by molar-refractivity contribution is 5.94. The summed E-state index contributed by atoms with van der Waals surface area (Å²) in [6, 6.07) is 7.95. The van der Waals surface area contributed by atoms with Crippen LogP contribution in [0, 0.1) is 5.41 Å². The molecule has 1 aliphatic heterocycles. The molecule has 2 heteroatoms. The van der Waals surface area contributed by atoms with Crippen LogP contribution in [-0.4, -0.2) is 18.9 Å². The van der Waals surface area contributed by atoms with Gasteiger partial charge in [0.05, 0.1) is 0 Å². The number of benzene rings is 1. The summed E-state index contributed by atoms with van der Waals surface area (Å²) >= 11 is 0. The quantitative estimate of drug-likeness (QED) is 0.709. The molecule has 0 N–H and O–H groups in total. The predicted octanol–water partition coefficient (Wildman–Crippen LogP) is 3.13. The van der Waals surface area contributed by atoms with Gasteiger partial charge in [-0.1, -0.05) is 13.8 Å². The molecule has 0 atom stereocenters. The lowest BCUT2D eigenvalue weighted by molar-refractivity contribution is 0.101. The first-order chi connectivity index (χ1) is 7.48. The van der Waals surface area contributed by atoms with E-state index in [1.807, 2.05) is 12.1 Å². The fourth-order valence-electron chi connectivity index (χ4n) is 2.24. The lowest BCUT2D eigenvalue weighted by Crippen LogP contribution is -2.22. The second-order valence-electron chi connectivity index (χ2n) is 5.44. The highest BCUT2D eigenvalue weighted by atomic mass is 16.1. The van der Waals surface area contributed by atoms with E-state index >= 15 is 0 Å². The standard InChI is InChI=1S/C14H19NO/c1-11(16)12-4-6-13(7-5-12)15-9-8-14(2,3)10-15/h4-7H,8-10H2,1-3H3. The van der Waals surface area contributed by atoms with E-state index in [2.05, 4.69) is 30.9 Å². The fourth-order valence-corrected chi connectivity index (χ4v) is 2.24. The molecule has 0 radical (unpaired) electrons. The number of anilines is 1. The van der Waals surface area contributed by atoms with Gasteiger partial charge in [-0.05, 0) is 43.0 Å². The minimum atomic E-state index is 0.133. The van der Waals surface area contributed by atoms with Crippen molar-refractivity contribution >= 4 is 11.5 Å². The number of Topliss-reactive ketones (excluding diaryl/α,β-unsaturated/α-hetero) is 1. The minimum Gasteiger partial charge on any atom is -0.371 e. The second kappa shape index (κ2) is 3.93. The van der Waals surface area contributed by atoms with Crippen LogP contribution in [0.4, 0.5) is 5.69 Å². The van der Waals surface area contributed by atoms with Crippen LogP contribution in [0.15, 0.2) is 24.3 Å². The molecule has 0 spiro atoms. The third-order valence-electron chi connectivity index (χ3n) is 3.32. The van der Waals surface area contributed by atoms with E-state index in [4.69, 9.17) is 0 Å². The smallest absolute Gasteiger partial charge is 0.159 e. The van der Waals surface area contributed by atoms with Crippen LogP contribution < -0.4 is 4.90 Å². The van der Waals surface area contributed by atoms with Crippen LogP contribution in [0.2, 0.25) is 0 Å². The summed E-state index contributed by atoms with van der Waals surface area (Å²) in [5, 5.41) is 0. The fraction of sp³-hybridized carbons (Fsp3) is 0.500. The Kier molecular flexibility index (Phi) is 2.75. The highest BCUT2D eigenvalue weighted by Gasteiger charge is 2.29. The second-order valence-corrected chi connectivity index (χ2v) is 5.44. The first kappa shape index (κ1) is 11.2. The summed E-state index contributed by atoms with van der Waals surface area (Å²) in [7, 11) is 0. The van der Waals surface area contributed by atoms with E-state index in [-0.39, 0.29) is 5.78 Å². The predicted molar refractivity (Wildman–Crippen MR) is 67.1 cm³/mol. The molecule has 1 saturated heterocycles. The molecule has 16 heavy (non-hydrogen) atoms. The highest BCUT2D eigenvalue weighted by Crippen LogP contribution is 2.32. The SMILES string of the molecule is CC(=O)c1ccc(N2CCC(C)(C)C2)cc1. The molecule has 1 fully saturated rings. The van der Waals surface area contributed by atoms with E-state index in [1.165, 1.54) is 12.1 Å². The van der Waals surface area contributed by atoms with Crippen LogP contribution in [-0.2, 0) is 0 Å². The summed E-state index contributed by atoms with van der Waals surface area (Å²) in [4.78, 5) is 13.6. The van der Waals surface area contributed by atoms with Crippen molar-refractivity contribution in [2.75, 3.05) is 18.0 Å². The molecule has 0 saturated carbocycles. The molecular weight excluding hydrogens is 198 g/mol. The molecule has 2 rings (SSSR count). The van der Waals surface area contributed by atoms with E-state index in [0.29, 0.717) is 5.41 Å². The van der Waals surface area contributed by atoms with Crippen molar-refractivity contribution in [1.82, 2.24) is 0 Å². The largest absolute Gasteiger partial charge is 0.371 e. The average Bonchev–Trinajstić information content (AvgIpc) is 2.59. The zero-order valence-electron chi connectivity index (χ0n) is 10.3. The van der Waals surface area contributed by atoms with Crippen LogP contribution in [0.25, 0.3) is 0 Å². The Morgan fingerprint density at radius 3 is 2.31 bits per heavy atom. The number of hydrogen-bond donors (Lipinski definition) is 0. The number of ketones is 1. The molecule has 0 aliphatic carbocycles. The van der Waals surface area contributed by atoms with Crippen LogP contribution in [0.3, 0.4) is 0 Å². The van der Waals surface area contributed by atoms with Gasteiger partial charge in [0.1, 0.15) is 0 Å². The monoisotopic (exact) mass is 217 g/mol. The molecule has 1 heterocycles. The summed E-state index contributed by atoms with van der Waals surface area (Å²) in [5.41, 5.74) is 2.44. The van der Waals surface area contributed by atoms with Gasteiger partial charge in [0.15, 0.2) is 5.78 Å². The summed E-state index contributed by atoms with van der Waals surface area (Å²) in [6.45, 7) is 8.43. The van der Waals surface area contributed by atoms with Crippen LogP contribution >= 0.6 is 0 Å². The summed E-state index contributed by atoms with van der Waals surface area (Å²) in [6.07, 6.45) is 1.24. The van der Waals surface area contributed by atoms with E-state index < -0.39 is 0 Å². The third kappa shape index (κ3) is 2.26. The van der Waals surface area contributed by atoms with Gasteiger partial charge in [0.2, 0.25) is 0 Å². The first-order valence-corrected chi connectivity index (χ1v) is 5.84. The van der Waals surface area contributed by atoms with Crippen molar-refractivity contribution in [3.8, 4) is 0 Å². The topological polar surface area (TPSA) is 20.3 Å². The molecule has 1 aliphatic rings. The molecule has 0 aromatic heterocycles. The number of rotatable bonds is 2. The molecule has 86 valence electrons. The lowest BCUT2D eigenvalue weighted by Gasteiger charge is -2.21. The van der Waals surface area contributed by atoms with Crippen molar-refractivity contribution in [3.05, 3.63) is 29.8 Å². The van der Waals surface area contributed by atoms with Gasteiger partial charge >= 0.3 is 0 Å². The van der Waals surface area contributed by atoms with Crippen LogP contribution in [0.1, 0.15) is 37.6 Å². The molecule has 1 aromatic carbocycles. The van der Waals surface area contributed by atoms with Gasteiger partial charge in [-0.15, -0.1) is 0 Å². The molecule has 0 unspecified atom stereocenters. The number of carbonyl (C=O) groups is 1. The van der Waals surface area contributed by atoms with Crippen molar-refractivity contribution < 1.29 is 4.79 Å². The molecule has 1 aromatic rings. The van der Waals surface area contributed by atoms with Crippen molar-refractivity contribution in [3.63, 3.8) is 0 Å². The maximum absolute atomic E-state index is 11.2. The zero-order valence-corrected chi connectivity index (χ0v) is 10.3. The van der Waals surface area contributed by atoms with Gasteiger partial charge in [-0.2, -0.15) is 0 Å². The maximum atomic E-state index is 11.2. The zero-order chi connectivity index (χ0) is 11.8. The molecular formula is C14H19NO. The van der Waals surface area contributed by atoms with E-state index in [9.17, 15) is 4.79 Å². The van der Waals surface area contributed by atoms with Gasteiger partial charge in [0.25, 0.3) is 0 Å². The van der Waals surface area contributed by atoms with Gasteiger partial charge in [0, 0.05) is 24.3 Å². The Bertz CT molecular complexity index is 392. The van der Waals surface area contributed by atoms with E-state index in [0.717, 1.165) is 18.7 Å². The Morgan fingerprint density at radius 1 is 1.25 bits per heavy atom. The Hall–Kier alpha value is -1.31. The van der Waals surface area contributed by atoms with Crippen molar-refractivity contribution in [2.45, 2.75) is 27.2 Å². The Balaban J connectivity index is 2.14. The Labute approximate surface area is 97.3 Å². The van der Waals surface area contributed by atoms with Crippen molar-refractivity contribution in [2.24, 2.45) is 5.41 Å². The number of nitrogens with zero attached hydrogens (tertiary/aromatic N) is 1. The third-order valence-corrected chi connectivity index (χ3v) is 3.32. The van der Waals surface area contributed by atoms with Crippen LogP contribution in [0.5, 0.6) is 0 Å². The van der Waals surface area contributed by atoms with Gasteiger partial charge in [-0.25, -0.2) is 0 Å². The molecule has 0 amide bonds. The normalized spacial score (nSPS) is 18.8. The minimum absolute atomic E-state index is 0.133. The Morgan fingerprint density at radius 2 is 1.88 bits per heavy atom. The first-order valence-electron chi connectivity index (χ1n) is 5.84. The maximum Gasteiger partial charge on any atom is 0.159 e. The summed E-state index contributed by atoms with van der Waals surface area (Å²) < 4.78 is 0. The van der Waals surface area contributed by atoms with E-state index in [1.54, 1.807) is 6.92 Å². The van der Waals surface area contributed by atoms with Crippen molar-refractivity contribution in [1.29, 1.82) is 0 Å². The van der Waals surface area contributed by atoms with Gasteiger partial charge in [-0.3, -0.25) is 4.79 Å². The average molecular weight is 217 g/mol. The molecule has 2 nitrogen and oxygen atoms in total. The number of carbonyl (C=O) groups excluding carboxylic acids is 1.